The smallest absolute Gasteiger partial charge is 0.193 e. The molecule has 1 fully saturated rings. The Balaban J connectivity index is 0.00000225. The minimum atomic E-state index is 0. The van der Waals surface area contributed by atoms with Crippen LogP contribution >= 0.6 is 24.0 Å². The van der Waals surface area contributed by atoms with Gasteiger partial charge >= 0.3 is 0 Å². The van der Waals surface area contributed by atoms with E-state index < -0.39 is 0 Å². The monoisotopic (exact) mass is 453 g/mol. The van der Waals surface area contributed by atoms with Gasteiger partial charge in [-0.1, -0.05) is 37.3 Å². The Morgan fingerprint density at radius 2 is 2.08 bits per heavy atom. The van der Waals surface area contributed by atoms with Gasteiger partial charge in [-0.3, -0.25) is 9.67 Å². The zero-order valence-corrected chi connectivity index (χ0v) is 17.6. The number of benzene rings is 1. The molecule has 0 bridgehead atoms. The molecule has 2 heterocycles. The second kappa shape index (κ2) is 9.22. The zero-order chi connectivity index (χ0) is 16.9. The van der Waals surface area contributed by atoms with Crippen LogP contribution in [-0.2, 0) is 13.6 Å². The molecule has 2 unspecified atom stereocenters. The molecule has 1 aromatic carbocycles. The first-order chi connectivity index (χ1) is 11.7. The van der Waals surface area contributed by atoms with E-state index in [1.165, 1.54) is 17.5 Å². The first-order valence-corrected chi connectivity index (χ1v) is 8.65. The molecular weight excluding hydrogens is 425 g/mol. The largest absolute Gasteiger partial charge is 0.352 e. The van der Waals surface area contributed by atoms with Crippen LogP contribution in [0.15, 0.2) is 47.7 Å². The number of hydrogen-bond acceptors (Lipinski definition) is 2. The molecule has 2 atom stereocenters. The summed E-state index contributed by atoms with van der Waals surface area (Å²) in [6.07, 6.45) is 5.09. The number of aryl methyl sites for hydroxylation is 1. The number of aliphatic imine (C=N–C) groups is 1. The van der Waals surface area contributed by atoms with Gasteiger partial charge in [-0.25, -0.2) is 0 Å². The average Bonchev–Trinajstić information content (AvgIpc) is 3.02. The van der Waals surface area contributed by atoms with Crippen molar-refractivity contribution in [2.24, 2.45) is 18.0 Å². The standard InChI is InChI=1S/C19H27N5.HI/c1-15-13-24(10-9-18(15)17-7-5-4-6-8-17)19(20-2)21-11-16-12-22-23(3)14-16;/h4-8,12,14-15,18H,9-11,13H2,1-3H3,(H,20,21);1H. The molecule has 1 N–H and O–H groups in total. The third kappa shape index (κ3) is 4.96. The normalized spacial score (nSPS) is 20.9. The molecule has 0 spiro atoms. The number of piperidine rings is 1. The molecule has 0 radical (unpaired) electrons. The molecule has 25 heavy (non-hydrogen) atoms. The molecule has 3 rings (SSSR count). The summed E-state index contributed by atoms with van der Waals surface area (Å²) >= 11 is 0. The molecule has 1 aromatic heterocycles. The minimum Gasteiger partial charge on any atom is -0.352 e. The SMILES string of the molecule is CN=C(NCc1cnn(C)c1)N1CCC(c2ccccc2)C(C)C1.I. The molecule has 136 valence electrons. The quantitative estimate of drug-likeness (QED) is 0.441. The van der Waals surface area contributed by atoms with Crippen LogP contribution in [0.1, 0.15) is 30.4 Å². The fourth-order valence-electron chi connectivity index (χ4n) is 3.61. The highest BCUT2D eigenvalue weighted by Gasteiger charge is 2.28. The van der Waals surface area contributed by atoms with Crippen LogP contribution in [0.2, 0.25) is 0 Å². The lowest BCUT2D eigenvalue weighted by Gasteiger charge is -2.38. The van der Waals surface area contributed by atoms with Gasteiger partial charge in [0.2, 0.25) is 0 Å². The Morgan fingerprint density at radius 1 is 1.32 bits per heavy atom. The molecule has 0 amide bonds. The lowest BCUT2D eigenvalue weighted by Crippen LogP contribution is -2.47. The van der Waals surface area contributed by atoms with E-state index in [4.69, 9.17) is 0 Å². The van der Waals surface area contributed by atoms with E-state index in [0.717, 1.165) is 25.6 Å². The number of nitrogens with zero attached hydrogens (tertiary/aromatic N) is 4. The van der Waals surface area contributed by atoms with E-state index in [-0.39, 0.29) is 24.0 Å². The Hall–Kier alpha value is -1.57. The zero-order valence-electron chi connectivity index (χ0n) is 15.2. The van der Waals surface area contributed by atoms with Crippen molar-refractivity contribution in [3.05, 3.63) is 53.9 Å². The molecule has 6 heteroatoms. The summed E-state index contributed by atoms with van der Waals surface area (Å²) in [5.74, 6) is 2.23. The first kappa shape index (κ1) is 19.8. The summed E-state index contributed by atoms with van der Waals surface area (Å²) in [7, 11) is 3.80. The highest BCUT2D eigenvalue weighted by atomic mass is 127. The van der Waals surface area contributed by atoms with Crippen molar-refractivity contribution in [1.29, 1.82) is 0 Å². The summed E-state index contributed by atoms with van der Waals surface area (Å²) in [6.45, 7) is 5.18. The maximum absolute atomic E-state index is 4.47. The lowest BCUT2D eigenvalue weighted by molar-refractivity contribution is 0.234. The first-order valence-electron chi connectivity index (χ1n) is 8.65. The summed E-state index contributed by atoms with van der Waals surface area (Å²) < 4.78 is 1.83. The Morgan fingerprint density at radius 3 is 2.68 bits per heavy atom. The van der Waals surface area contributed by atoms with Gasteiger partial charge < -0.3 is 10.2 Å². The van der Waals surface area contributed by atoms with Gasteiger partial charge in [0.05, 0.1) is 6.20 Å². The van der Waals surface area contributed by atoms with Gasteiger partial charge in [0.15, 0.2) is 5.96 Å². The number of guanidine groups is 1. The molecule has 0 saturated carbocycles. The number of hydrogen-bond donors (Lipinski definition) is 1. The average molecular weight is 453 g/mol. The summed E-state index contributed by atoms with van der Waals surface area (Å²) in [5.41, 5.74) is 2.63. The van der Waals surface area contributed by atoms with Gasteiger partial charge in [0.25, 0.3) is 0 Å². The second-order valence-electron chi connectivity index (χ2n) is 6.65. The summed E-state index contributed by atoms with van der Waals surface area (Å²) in [5, 5.41) is 7.68. The molecule has 1 aliphatic heterocycles. The fourth-order valence-corrected chi connectivity index (χ4v) is 3.61. The van der Waals surface area contributed by atoms with Crippen molar-refractivity contribution in [3.63, 3.8) is 0 Å². The number of rotatable bonds is 3. The number of halogens is 1. The predicted octanol–water partition coefficient (Wildman–Crippen LogP) is 3.24. The van der Waals surface area contributed by atoms with Crippen molar-refractivity contribution in [3.8, 4) is 0 Å². The Bertz CT molecular complexity index is 682. The van der Waals surface area contributed by atoms with E-state index in [2.05, 4.69) is 57.6 Å². The number of likely N-dealkylation sites (tertiary alicyclic amines) is 1. The highest BCUT2D eigenvalue weighted by molar-refractivity contribution is 14.0. The predicted molar refractivity (Wildman–Crippen MR) is 113 cm³/mol. The van der Waals surface area contributed by atoms with Crippen LogP contribution in [0.3, 0.4) is 0 Å². The fraction of sp³-hybridized carbons (Fsp3) is 0.474. The molecule has 5 nitrogen and oxygen atoms in total. The maximum atomic E-state index is 4.47. The van der Waals surface area contributed by atoms with E-state index in [1.807, 2.05) is 31.2 Å². The summed E-state index contributed by atoms with van der Waals surface area (Å²) in [6, 6.07) is 10.9. The lowest BCUT2D eigenvalue weighted by atomic mass is 9.82. The van der Waals surface area contributed by atoms with Crippen LogP contribution in [0.4, 0.5) is 0 Å². The third-order valence-corrected chi connectivity index (χ3v) is 4.85. The van der Waals surface area contributed by atoms with Crippen LogP contribution < -0.4 is 5.32 Å². The molecular formula is C19H28IN5. The third-order valence-electron chi connectivity index (χ3n) is 4.85. The summed E-state index contributed by atoms with van der Waals surface area (Å²) in [4.78, 5) is 6.85. The highest BCUT2D eigenvalue weighted by Crippen LogP contribution is 2.32. The molecule has 0 aliphatic carbocycles. The van der Waals surface area contributed by atoms with Crippen molar-refractivity contribution in [1.82, 2.24) is 20.0 Å². The van der Waals surface area contributed by atoms with Gasteiger partial charge in [0.1, 0.15) is 0 Å². The van der Waals surface area contributed by atoms with Crippen molar-refractivity contribution < 1.29 is 0 Å². The Labute approximate surface area is 167 Å². The van der Waals surface area contributed by atoms with Crippen molar-refractivity contribution >= 4 is 29.9 Å². The van der Waals surface area contributed by atoms with Crippen LogP contribution in [-0.4, -0.2) is 40.8 Å². The minimum absolute atomic E-state index is 0. The van der Waals surface area contributed by atoms with E-state index in [9.17, 15) is 0 Å². The molecule has 1 saturated heterocycles. The van der Waals surface area contributed by atoms with Crippen molar-refractivity contribution in [2.75, 3.05) is 20.1 Å². The van der Waals surface area contributed by atoms with Crippen LogP contribution in [0.5, 0.6) is 0 Å². The van der Waals surface area contributed by atoms with Gasteiger partial charge in [0, 0.05) is 45.5 Å². The van der Waals surface area contributed by atoms with E-state index in [0.29, 0.717) is 11.8 Å². The van der Waals surface area contributed by atoms with E-state index in [1.54, 1.807) is 0 Å². The van der Waals surface area contributed by atoms with Gasteiger partial charge in [-0.15, -0.1) is 24.0 Å². The Kier molecular flexibility index (Phi) is 7.28. The van der Waals surface area contributed by atoms with Crippen LogP contribution in [0.25, 0.3) is 0 Å². The number of nitrogens with one attached hydrogen (secondary N) is 1. The topological polar surface area (TPSA) is 45.5 Å². The number of aromatic nitrogens is 2. The van der Waals surface area contributed by atoms with Crippen LogP contribution in [0, 0.1) is 5.92 Å². The van der Waals surface area contributed by atoms with E-state index >= 15 is 0 Å². The molecule has 2 aromatic rings. The van der Waals surface area contributed by atoms with Crippen molar-refractivity contribution in [2.45, 2.75) is 25.8 Å². The van der Waals surface area contributed by atoms with Gasteiger partial charge in [-0.2, -0.15) is 5.10 Å². The maximum Gasteiger partial charge on any atom is 0.193 e. The molecule has 1 aliphatic rings. The van der Waals surface area contributed by atoms with Gasteiger partial charge in [-0.05, 0) is 23.8 Å². The second-order valence-corrected chi connectivity index (χ2v) is 6.65.